The van der Waals surface area contributed by atoms with Crippen LogP contribution < -0.4 is 0 Å². The zero-order valence-corrected chi connectivity index (χ0v) is 9.83. The third-order valence-electron chi connectivity index (χ3n) is 1.96. The Balaban J connectivity index is 3.23. The van der Waals surface area contributed by atoms with Crippen molar-refractivity contribution in [2.45, 2.75) is 46.0 Å². The van der Waals surface area contributed by atoms with E-state index in [1.165, 1.54) is 31.6 Å². The highest BCUT2D eigenvalue weighted by Crippen LogP contribution is 2.02. The number of esters is 1. The fourth-order valence-electron chi connectivity index (χ4n) is 1.13. The lowest BCUT2D eigenvalue weighted by Crippen LogP contribution is -2.02. The van der Waals surface area contributed by atoms with Gasteiger partial charge in [-0.15, -0.1) is 0 Å². The number of carbonyl (C=O) groups is 1. The van der Waals surface area contributed by atoms with Gasteiger partial charge in [-0.05, 0) is 13.3 Å². The molecule has 0 spiro atoms. The van der Waals surface area contributed by atoms with Gasteiger partial charge in [0, 0.05) is 0 Å². The summed E-state index contributed by atoms with van der Waals surface area (Å²) in [5.74, 6) is -0.320. The van der Waals surface area contributed by atoms with Gasteiger partial charge >= 0.3 is 5.97 Å². The number of rotatable bonds is 9. The summed E-state index contributed by atoms with van der Waals surface area (Å²) in [5.41, 5.74) is 0. The van der Waals surface area contributed by atoms with E-state index < -0.39 is 0 Å². The Hall–Kier alpha value is -0.990. The van der Waals surface area contributed by atoms with Gasteiger partial charge in [0.15, 0.2) is 0 Å². The van der Waals surface area contributed by atoms with Crippen molar-refractivity contribution in [3.63, 3.8) is 0 Å². The summed E-state index contributed by atoms with van der Waals surface area (Å²) in [7, 11) is 0. The summed E-state index contributed by atoms with van der Waals surface area (Å²) < 4.78 is 9.85. The van der Waals surface area contributed by atoms with E-state index in [1.54, 1.807) is 0 Å². The predicted octanol–water partition coefficient (Wildman–Crippen LogP) is 3.05. The van der Waals surface area contributed by atoms with Crippen molar-refractivity contribution in [1.82, 2.24) is 0 Å². The van der Waals surface area contributed by atoms with Gasteiger partial charge in [0.25, 0.3) is 0 Å². The van der Waals surface area contributed by atoms with E-state index in [1.807, 2.05) is 6.92 Å². The highest BCUT2D eigenvalue weighted by Gasteiger charge is 1.96. The zero-order valence-electron chi connectivity index (χ0n) is 9.83. The van der Waals surface area contributed by atoms with Crippen molar-refractivity contribution in [1.29, 1.82) is 0 Å². The van der Waals surface area contributed by atoms with E-state index in [2.05, 4.69) is 6.92 Å². The van der Waals surface area contributed by atoms with Gasteiger partial charge in [-0.25, -0.2) is 4.79 Å². The van der Waals surface area contributed by atoms with Gasteiger partial charge in [0.05, 0.1) is 25.6 Å². The summed E-state index contributed by atoms with van der Waals surface area (Å²) in [6.45, 7) is 5.13. The maximum absolute atomic E-state index is 11.0. The van der Waals surface area contributed by atoms with Crippen LogP contribution in [-0.2, 0) is 14.3 Å². The normalized spacial score (nSPS) is 10.5. The Bertz CT molecular complexity index is 176. The fraction of sp³-hybridized carbons (Fsp3) is 0.750. The van der Waals surface area contributed by atoms with Crippen LogP contribution in [0.1, 0.15) is 46.0 Å². The molecule has 0 aliphatic heterocycles. The molecule has 0 aromatic rings. The van der Waals surface area contributed by atoms with Crippen molar-refractivity contribution in [3.05, 3.63) is 12.3 Å². The third kappa shape index (κ3) is 10.9. The second-order valence-corrected chi connectivity index (χ2v) is 3.34. The zero-order chi connectivity index (χ0) is 11.4. The molecule has 0 atom stereocenters. The van der Waals surface area contributed by atoms with Crippen LogP contribution in [0.2, 0.25) is 0 Å². The Morgan fingerprint density at radius 3 is 2.53 bits per heavy atom. The summed E-state index contributed by atoms with van der Waals surface area (Å²) >= 11 is 0. The first-order chi connectivity index (χ1) is 7.31. The molecule has 0 saturated heterocycles. The molecule has 0 unspecified atom stereocenters. The van der Waals surface area contributed by atoms with Crippen molar-refractivity contribution < 1.29 is 14.3 Å². The summed E-state index contributed by atoms with van der Waals surface area (Å²) in [4.78, 5) is 11.0. The Kier molecular flexibility index (Phi) is 10.4. The lowest BCUT2D eigenvalue weighted by molar-refractivity contribution is -0.138. The SMILES string of the molecule is CCCCCCCOC(=O)/C=C/OCC. The monoisotopic (exact) mass is 214 g/mol. The van der Waals surface area contributed by atoms with Crippen LogP contribution in [0.25, 0.3) is 0 Å². The molecular formula is C12H22O3. The first kappa shape index (κ1) is 14.0. The lowest BCUT2D eigenvalue weighted by atomic mass is 10.2. The van der Waals surface area contributed by atoms with Crippen LogP contribution in [0.3, 0.4) is 0 Å². The van der Waals surface area contributed by atoms with Crippen LogP contribution in [0.15, 0.2) is 12.3 Å². The number of carbonyl (C=O) groups excluding carboxylic acids is 1. The minimum Gasteiger partial charge on any atom is -0.501 e. The number of hydrogen-bond acceptors (Lipinski definition) is 3. The predicted molar refractivity (Wildman–Crippen MR) is 60.5 cm³/mol. The number of hydrogen-bond donors (Lipinski definition) is 0. The molecule has 0 aliphatic carbocycles. The highest BCUT2D eigenvalue weighted by molar-refractivity contribution is 5.81. The first-order valence-electron chi connectivity index (χ1n) is 5.76. The first-order valence-corrected chi connectivity index (χ1v) is 5.76. The van der Waals surface area contributed by atoms with Gasteiger partial charge in [-0.2, -0.15) is 0 Å². The van der Waals surface area contributed by atoms with E-state index in [-0.39, 0.29) is 5.97 Å². The topological polar surface area (TPSA) is 35.5 Å². The largest absolute Gasteiger partial charge is 0.501 e. The van der Waals surface area contributed by atoms with Gasteiger partial charge in [0.2, 0.25) is 0 Å². The van der Waals surface area contributed by atoms with Crippen molar-refractivity contribution in [2.75, 3.05) is 13.2 Å². The molecule has 0 aromatic carbocycles. The summed E-state index contributed by atoms with van der Waals surface area (Å²) in [6.07, 6.45) is 8.50. The highest BCUT2D eigenvalue weighted by atomic mass is 16.5. The van der Waals surface area contributed by atoms with E-state index >= 15 is 0 Å². The van der Waals surface area contributed by atoms with E-state index in [9.17, 15) is 4.79 Å². The smallest absolute Gasteiger partial charge is 0.333 e. The van der Waals surface area contributed by atoms with Crippen LogP contribution in [0.4, 0.5) is 0 Å². The van der Waals surface area contributed by atoms with E-state index in [0.29, 0.717) is 13.2 Å². The molecule has 0 radical (unpaired) electrons. The van der Waals surface area contributed by atoms with Crippen molar-refractivity contribution in [3.8, 4) is 0 Å². The van der Waals surface area contributed by atoms with Crippen LogP contribution in [0, 0.1) is 0 Å². The standard InChI is InChI=1S/C12H22O3/c1-3-5-6-7-8-10-15-12(13)9-11-14-4-2/h9,11H,3-8,10H2,1-2H3/b11-9+. The van der Waals surface area contributed by atoms with Crippen LogP contribution >= 0.6 is 0 Å². The van der Waals surface area contributed by atoms with Gasteiger partial charge in [-0.1, -0.05) is 32.6 Å². The molecule has 3 heteroatoms. The van der Waals surface area contributed by atoms with Crippen molar-refractivity contribution in [2.24, 2.45) is 0 Å². The number of unbranched alkanes of at least 4 members (excludes halogenated alkanes) is 4. The fourth-order valence-corrected chi connectivity index (χ4v) is 1.13. The Morgan fingerprint density at radius 2 is 1.87 bits per heavy atom. The average Bonchev–Trinajstić information content (AvgIpc) is 2.23. The van der Waals surface area contributed by atoms with Gasteiger partial charge in [-0.3, -0.25) is 0 Å². The minimum absolute atomic E-state index is 0.320. The summed E-state index contributed by atoms with van der Waals surface area (Å²) in [6, 6.07) is 0. The molecule has 88 valence electrons. The van der Waals surface area contributed by atoms with Gasteiger partial charge < -0.3 is 9.47 Å². The van der Waals surface area contributed by atoms with E-state index in [4.69, 9.17) is 9.47 Å². The molecule has 0 rings (SSSR count). The van der Waals surface area contributed by atoms with Gasteiger partial charge in [0.1, 0.15) is 0 Å². The average molecular weight is 214 g/mol. The molecule has 0 fully saturated rings. The molecule has 3 nitrogen and oxygen atoms in total. The molecular weight excluding hydrogens is 192 g/mol. The third-order valence-corrected chi connectivity index (χ3v) is 1.96. The maximum Gasteiger partial charge on any atom is 0.333 e. The molecule has 15 heavy (non-hydrogen) atoms. The van der Waals surface area contributed by atoms with Crippen LogP contribution in [0.5, 0.6) is 0 Å². The molecule has 0 aromatic heterocycles. The van der Waals surface area contributed by atoms with E-state index in [0.717, 1.165) is 12.8 Å². The lowest BCUT2D eigenvalue weighted by Gasteiger charge is -2.01. The van der Waals surface area contributed by atoms with Crippen LogP contribution in [-0.4, -0.2) is 19.2 Å². The van der Waals surface area contributed by atoms with Crippen molar-refractivity contribution >= 4 is 5.97 Å². The minimum atomic E-state index is -0.320. The second-order valence-electron chi connectivity index (χ2n) is 3.34. The second kappa shape index (κ2) is 11.1. The molecule has 0 aliphatic rings. The molecule has 0 bridgehead atoms. The Morgan fingerprint density at radius 1 is 1.13 bits per heavy atom. The summed E-state index contributed by atoms with van der Waals surface area (Å²) in [5, 5.41) is 0. The Labute approximate surface area is 92.5 Å². The quantitative estimate of drug-likeness (QED) is 0.256. The molecule has 0 saturated carbocycles. The molecule has 0 heterocycles. The maximum atomic E-state index is 11.0. The molecule has 0 amide bonds. The molecule has 0 N–H and O–H groups in total. The number of ether oxygens (including phenoxy) is 2.